The summed E-state index contributed by atoms with van der Waals surface area (Å²) >= 11 is 0. The molecule has 3 atom stereocenters. The molecule has 0 bridgehead atoms. The molecule has 18 heavy (non-hydrogen) atoms. The summed E-state index contributed by atoms with van der Waals surface area (Å²) < 4.78 is 0. The number of fused-ring (bicyclic) bond motifs is 1. The van der Waals surface area contributed by atoms with Crippen molar-refractivity contribution in [2.75, 3.05) is 27.2 Å². The Balaban J connectivity index is 1.95. The minimum atomic E-state index is -0.721. The number of hydrogen-bond donors (Lipinski definition) is 1. The van der Waals surface area contributed by atoms with E-state index in [2.05, 4.69) is 0 Å². The Labute approximate surface area is 108 Å². The predicted molar refractivity (Wildman–Crippen MR) is 67.1 cm³/mol. The van der Waals surface area contributed by atoms with E-state index in [1.165, 1.54) is 0 Å². The molecule has 1 saturated carbocycles. The molecule has 1 amide bonds. The lowest BCUT2D eigenvalue weighted by atomic mass is 9.94. The highest BCUT2D eigenvalue weighted by Crippen LogP contribution is 2.42. The van der Waals surface area contributed by atoms with Gasteiger partial charge in [0.2, 0.25) is 5.91 Å². The molecule has 0 aromatic carbocycles. The number of carboxylic acids is 1. The van der Waals surface area contributed by atoms with Crippen LogP contribution in [0, 0.1) is 11.8 Å². The molecule has 1 aliphatic heterocycles. The second kappa shape index (κ2) is 5.26. The molecule has 5 nitrogen and oxygen atoms in total. The van der Waals surface area contributed by atoms with Gasteiger partial charge in [0, 0.05) is 33.6 Å². The average molecular weight is 254 g/mol. The fourth-order valence-corrected chi connectivity index (χ4v) is 3.43. The molecule has 1 heterocycles. The van der Waals surface area contributed by atoms with E-state index in [9.17, 15) is 14.7 Å². The van der Waals surface area contributed by atoms with Gasteiger partial charge in [0.25, 0.3) is 0 Å². The third-order valence-electron chi connectivity index (χ3n) is 4.35. The fraction of sp³-hybridized carbons (Fsp3) is 0.846. The number of carbonyl (C=O) groups is 2. The maximum atomic E-state index is 11.6. The summed E-state index contributed by atoms with van der Waals surface area (Å²) in [6.45, 7) is 1.42. The Kier molecular flexibility index (Phi) is 3.90. The van der Waals surface area contributed by atoms with Crippen LogP contribution in [0.15, 0.2) is 0 Å². The third kappa shape index (κ3) is 2.51. The zero-order chi connectivity index (χ0) is 13.3. The van der Waals surface area contributed by atoms with Crippen LogP contribution in [0.1, 0.15) is 25.7 Å². The fourth-order valence-electron chi connectivity index (χ4n) is 3.43. The molecule has 102 valence electrons. The lowest BCUT2D eigenvalue weighted by Crippen LogP contribution is -2.41. The van der Waals surface area contributed by atoms with Crippen molar-refractivity contribution in [2.45, 2.75) is 31.7 Å². The second-order valence-electron chi connectivity index (χ2n) is 5.67. The molecule has 2 aliphatic rings. The first-order valence-corrected chi connectivity index (χ1v) is 6.67. The zero-order valence-corrected chi connectivity index (χ0v) is 11.1. The van der Waals surface area contributed by atoms with Gasteiger partial charge in [0.1, 0.15) is 6.04 Å². The van der Waals surface area contributed by atoms with Crippen molar-refractivity contribution in [3.05, 3.63) is 0 Å². The van der Waals surface area contributed by atoms with Gasteiger partial charge in [-0.2, -0.15) is 0 Å². The minimum Gasteiger partial charge on any atom is -0.480 e. The highest BCUT2D eigenvalue weighted by Gasteiger charge is 2.47. The first-order chi connectivity index (χ1) is 8.50. The van der Waals surface area contributed by atoms with Gasteiger partial charge >= 0.3 is 5.97 Å². The Hall–Kier alpha value is -1.10. The van der Waals surface area contributed by atoms with Gasteiger partial charge in [-0.15, -0.1) is 0 Å². The first-order valence-electron chi connectivity index (χ1n) is 6.67. The van der Waals surface area contributed by atoms with Gasteiger partial charge in [-0.05, 0) is 24.7 Å². The Morgan fingerprint density at radius 2 is 2.06 bits per heavy atom. The van der Waals surface area contributed by atoms with Crippen molar-refractivity contribution < 1.29 is 14.7 Å². The summed E-state index contributed by atoms with van der Waals surface area (Å²) in [5, 5.41) is 9.37. The molecule has 5 heteroatoms. The van der Waals surface area contributed by atoms with Crippen LogP contribution in [0.4, 0.5) is 0 Å². The lowest BCUT2D eigenvalue weighted by Gasteiger charge is -2.24. The summed E-state index contributed by atoms with van der Waals surface area (Å²) in [5.41, 5.74) is 0. The van der Waals surface area contributed by atoms with E-state index in [4.69, 9.17) is 0 Å². The van der Waals surface area contributed by atoms with E-state index in [0.717, 1.165) is 25.8 Å². The van der Waals surface area contributed by atoms with Crippen LogP contribution in [-0.4, -0.2) is 60.0 Å². The summed E-state index contributed by atoms with van der Waals surface area (Å²) in [7, 11) is 3.46. The van der Waals surface area contributed by atoms with Crippen LogP contribution in [0.25, 0.3) is 0 Å². The summed E-state index contributed by atoms with van der Waals surface area (Å²) in [6, 6.07) is -0.368. The van der Waals surface area contributed by atoms with Crippen LogP contribution in [-0.2, 0) is 9.59 Å². The van der Waals surface area contributed by atoms with Crippen LogP contribution >= 0.6 is 0 Å². The van der Waals surface area contributed by atoms with Crippen LogP contribution in [0.2, 0.25) is 0 Å². The Bertz CT molecular complexity index is 343. The second-order valence-corrected chi connectivity index (χ2v) is 5.67. The topological polar surface area (TPSA) is 60.9 Å². The van der Waals surface area contributed by atoms with Crippen molar-refractivity contribution in [1.82, 2.24) is 9.80 Å². The van der Waals surface area contributed by atoms with Gasteiger partial charge in [0.05, 0.1) is 0 Å². The molecule has 3 unspecified atom stereocenters. The molecule has 1 aliphatic carbocycles. The number of rotatable bonds is 4. The summed E-state index contributed by atoms with van der Waals surface area (Å²) in [5.74, 6) is 0.176. The SMILES string of the molecule is CN(C)C(=O)CCN1CC2CCCC2C1C(=O)O. The van der Waals surface area contributed by atoms with Crippen molar-refractivity contribution in [1.29, 1.82) is 0 Å². The van der Waals surface area contributed by atoms with Gasteiger partial charge in [-0.25, -0.2) is 0 Å². The van der Waals surface area contributed by atoms with Gasteiger partial charge < -0.3 is 10.0 Å². The maximum Gasteiger partial charge on any atom is 0.321 e. The van der Waals surface area contributed by atoms with Gasteiger partial charge in [-0.3, -0.25) is 14.5 Å². The molecule has 2 fully saturated rings. The molecule has 2 rings (SSSR count). The number of aliphatic carboxylic acids is 1. The molecule has 1 N–H and O–H groups in total. The zero-order valence-electron chi connectivity index (χ0n) is 11.1. The minimum absolute atomic E-state index is 0.0659. The molecule has 0 aromatic rings. The summed E-state index contributed by atoms with van der Waals surface area (Å²) in [4.78, 5) is 26.5. The Morgan fingerprint density at radius 3 is 2.67 bits per heavy atom. The van der Waals surface area contributed by atoms with Crippen LogP contribution in [0.5, 0.6) is 0 Å². The van der Waals surface area contributed by atoms with E-state index in [0.29, 0.717) is 24.8 Å². The molecule has 0 radical (unpaired) electrons. The van der Waals surface area contributed by atoms with E-state index in [1.807, 2.05) is 4.90 Å². The van der Waals surface area contributed by atoms with Crippen molar-refractivity contribution >= 4 is 11.9 Å². The number of carboxylic acid groups (broad SMARTS) is 1. The van der Waals surface area contributed by atoms with E-state index in [1.54, 1.807) is 19.0 Å². The third-order valence-corrected chi connectivity index (χ3v) is 4.35. The van der Waals surface area contributed by atoms with Crippen LogP contribution < -0.4 is 0 Å². The number of amides is 1. The smallest absolute Gasteiger partial charge is 0.321 e. The largest absolute Gasteiger partial charge is 0.480 e. The predicted octanol–water partition coefficient (Wildman–Crippen LogP) is 0.650. The lowest BCUT2D eigenvalue weighted by molar-refractivity contribution is -0.144. The number of likely N-dealkylation sites (tertiary alicyclic amines) is 1. The maximum absolute atomic E-state index is 11.6. The van der Waals surface area contributed by atoms with E-state index in [-0.39, 0.29) is 11.9 Å². The van der Waals surface area contributed by atoms with Gasteiger partial charge in [0.15, 0.2) is 0 Å². The number of nitrogens with zero attached hydrogens (tertiary/aromatic N) is 2. The normalized spacial score (nSPS) is 31.3. The first kappa shape index (κ1) is 13.3. The van der Waals surface area contributed by atoms with Crippen LogP contribution in [0.3, 0.4) is 0 Å². The number of hydrogen-bond acceptors (Lipinski definition) is 3. The van der Waals surface area contributed by atoms with Gasteiger partial charge in [-0.1, -0.05) is 6.42 Å². The number of carbonyl (C=O) groups excluding carboxylic acids is 1. The average Bonchev–Trinajstić information content (AvgIpc) is 2.83. The molecule has 1 saturated heterocycles. The molecule has 0 aromatic heterocycles. The van der Waals surface area contributed by atoms with E-state index < -0.39 is 5.97 Å². The Morgan fingerprint density at radius 1 is 1.33 bits per heavy atom. The highest BCUT2D eigenvalue weighted by molar-refractivity contribution is 5.76. The standard InChI is InChI=1S/C13H22N2O3/c1-14(2)11(16)6-7-15-8-9-4-3-5-10(9)12(15)13(17)18/h9-10,12H,3-8H2,1-2H3,(H,17,18). The summed E-state index contributed by atoms with van der Waals surface area (Å²) in [6.07, 6.45) is 3.74. The molecular formula is C13H22N2O3. The molecule has 0 spiro atoms. The van der Waals surface area contributed by atoms with Crippen molar-refractivity contribution in [3.63, 3.8) is 0 Å². The van der Waals surface area contributed by atoms with Crippen molar-refractivity contribution in [3.8, 4) is 0 Å². The molecular weight excluding hydrogens is 232 g/mol. The monoisotopic (exact) mass is 254 g/mol. The van der Waals surface area contributed by atoms with Crippen molar-refractivity contribution in [2.24, 2.45) is 11.8 Å². The quantitative estimate of drug-likeness (QED) is 0.800. The highest BCUT2D eigenvalue weighted by atomic mass is 16.4. The van der Waals surface area contributed by atoms with E-state index >= 15 is 0 Å².